The Morgan fingerprint density at radius 3 is 2.80 bits per heavy atom. The fourth-order valence-corrected chi connectivity index (χ4v) is 2.07. The van der Waals surface area contributed by atoms with E-state index in [4.69, 9.17) is 21.4 Å². The summed E-state index contributed by atoms with van der Waals surface area (Å²) in [5, 5.41) is 13.1. The predicted molar refractivity (Wildman–Crippen MR) is 81.3 cm³/mol. The molecule has 0 atom stereocenters. The molecule has 2 aromatic rings. The first kappa shape index (κ1) is 14.9. The van der Waals surface area contributed by atoms with Crippen LogP contribution in [0.2, 0.25) is 5.02 Å². The molecule has 0 aromatic heterocycles. The maximum absolute atomic E-state index is 9.15. The van der Waals surface area contributed by atoms with Gasteiger partial charge in [0.1, 0.15) is 11.5 Å². The lowest BCUT2D eigenvalue weighted by molar-refractivity contribution is 0.281. The molecule has 20 heavy (non-hydrogen) atoms. The standard InChI is InChI=1S/C16H18ClNO2/c1-2-18-10-13-9-14(17)6-7-16(13)20-15-5-3-4-12(8-15)11-19/h3-9,18-19H,2,10-11H2,1H3. The normalized spacial score (nSPS) is 10.6. The molecule has 2 aromatic carbocycles. The molecule has 0 unspecified atom stereocenters. The number of halogens is 1. The van der Waals surface area contributed by atoms with Gasteiger partial charge in [-0.3, -0.25) is 0 Å². The van der Waals surface area contributed by atoms with Crippen molar-refractivity contribution in [1.82, 2.24) is 5.32 Å². The van der Waals surface area contributed by atoms with Crippen LogP contribution in [0.5, 0.6) is 11.5 Å². The molecule has 3 nitrogen and oxygen atoms in total. The molecule has 0 spiro atoms. The monoisotopic (exact) mass is 291 g/mol. The highest BCUT2D eigenvalue weighted by Crippen LogP contribution is 2.28. The maximum Gasteiger partial charge on any atom is 0.132 e. The molecule has 0 heterocycles. The van der Waals surface area contributed by atoms with E-state index in [0.29, 0.717) is 17.3 Å². The molecule has 0 radical (unpaired) electrons. The van der Waals surface area contributed by atoms with Crippen LogP contribution in [-0.4, -0.2) is 11.7 Å². The number of aliphatic hydroxyl groups is 1. The third kappa shape index (κ3) is 3.97. The molecule has 106 valence electrons. The Bertz CT molecular complexity index is 572. The number of aliphatic hydroxyl groups excluding tert-OH is 1. The number of ether oxygens (including phenoxy) is 1. The van der Waals surface area contributed by atoms with E-state index in [0.717, 1.165) is 23.4 Å². The highest BCUT2D eigenvalue weighted by molar-refractivity contribution is 6.30. The van der Waals surface area contributed by atoms with Crippen molar-refractivity contribution in [3.05, 3.63) is 58.6 Å². The van der Waals surface area contributed by atoms with E-state index >= 15 is 0 Å². The second kappa shape index (κ2) is 7.29. The Labute approximate surface area is 124 Å². The van der Waals surface area contributed by atoms with Gasteiger partial charge in [-0.25, -0.2) is 0 Å². The van der Waals surface area contributed by atoms with Crippen molar-refractivity contribution in [3.63, 3.8) is 0 Å². The van der Waals surface area contributed by atoms with E-state index in [9.17, 15) is 0 Å². The number of rotatable bonds is 6. The van der Waals surface area contributed by atoms with E-state index in [1.165, 1.54) is 0 Å². The van der Waals surface area contributed by atoms with Crippen LogP contribution in [0.25, 0.3) is 0 Å². The van der Waals surface area contributed by atoms with Gasteiger partial charge in [-0.05, 0) is 42.4 Å². The Hall–Kier alpha value is -1.55. The Balaban J connectivity index is 2.22. The van der Waals surface area contributed by atoms with Crippen molar-refractivity contribution >= 4 is 11.6 Å². The SMILES string of the molecule is CCNCc1cc(Cl)ccc1Oc1cccc(CO)c1. The second-order valence-electron chi connectivity index (χ2n) is 4.44. The topological polar surface area (TPSA) is 41.5 Å². The predicted octanol–water partition coefficient (Wildman–Crippen LogP) is 3.73. The lowest BCUT2D eigenvalue weighted by Crippen LogP contribution is -2.12. The van der Waals surface area contributed by atoms with Gasteiger partial charge in [0.15, 0.2) is 0 Å². The van der Waals surface area contributed by atoms with Crippen LogP contribution >= 0.6 is 11.6 Å². The van der Waals surface area contributed by atoms with Crippen LogP contribution in [0.15, 0.2) is 42.5 Å². The minimum Gasteiger partial charge on any atom is -0.457 e. The van der Waals surface area contributed by atoms with Crippen LogP contribution in [0.1, 0.15) is 18.1 Å². The van der Waals surface area contributed by atoms with Gasteiger partial charge in [0.2, 0.25) is 0 Å². The van der Waals surface area contributed by atoms with Gasteiger partial charge in [0.05, 0.1) is 6.61 Å². The molecule has 0 amide bonds. The molecule has 0 saturated heterocycles. The largest absolute Gasteiger partial charge is 0.457 e. The third-order valence-corrected chi connectivity index (χ3v) is 3.13. The van der Waals surface area contributed by atoms with Gasteiger partial charge in [-0.1, -0.05) is 30.7 Å². The first-order valence-electron chi connectivity index (χ1n) is 6.59. The summed E-state index contributed by atoms with van der Waals surface area (Å²) in [5.74, 6) is 1.47. The van der Waals surface area contributed by atoms with Gasteiger partial charge in [0.25, 0.3) is 0 Å². The number of hydrogen-bond donors (Lipinski definition) is 2. The smallest absolute Gasteiger partial charge is 0.132 e. The van der Waals surface area contributed by atoms with E-state index < -0.39 is 0 Å². The summed E-state index contributed by atoms with van der Waals surface area (Å²) in [6.45, 7) is 3.63. The van der Waals surface area contributed by atoms with Crippen molar-refractivity contribution in [1.29, 1.82) is 0 Å². The van der Waals surface area contributed by atoms with Crippen LogP contribution < -0.4 is 10.1 Å². The third-order valence-electron chi connectivity index (χ3n) is 2.90. The Morgan fingerprint density at radius 2 is 2.05 bits per heavy atom. The van der Waals surface area contributed by atoms with Gasteiger partial charge >= 0.3 is 0 Å². The van der Waals surface area contributed by atoms with E-state index in [-0.39, 0.29) is 6.61 Å². The highest BCUT2D eigenvalue weighted by Gasteiger charge is 2.06. The number of benzene rings is 2. The van der Waals surface area contributed by atoms with Crippen molar-refractivity contribution < 1.29 is 9.84 Å². The van der Waals surface area contributed by atoms with Crippen molar-refractivity contribution in [2.24, 2.45) is 0 Å². The van der Waals surface area contributed by atoms with Crippen LogP contribution in [0.3, 0.4) is 0 Å². The van der Waals surface area contributed by atoms with Crippen molar-refractivity contribution in [2.45, 2.75) is 20.1 Å². The number of nitrogens with one attached hydrogen (secondary N) is 1. The summed E-state index contributed by atoms with van der Waals surface area (Å²) in [5.41, 5.74) is 1.83. The van der Waals surface area contributed by atoms with E-state index in [2.05, 4.69) is 12.2 Å². The van der Waals surface area contributed by atoms with Gasteiger partial charge in [-0.15, -0.1) is 0 Å². The zero-order valence-electron chi connectivity index (χ0n) is 11.4. The summed E-state index contributed by atoms with van der Waals surface area (Å²) in [7, 11) is 0. The molecule has 0 aliphatic rings. The van der Waals surface area contributed by atoms with E-state index in [1.54, 1.807) is 0 Å². The van der Waals surface area contributed by atoms with Crippen LogP contribution in [0.4, 0.5) is 0 Å². The molecule has 0 aliphatic heterocycles. The first-order chi connectivity index (χ1) is 9.72. The number of hydrogen-bond acceptors (Lipinski definition) is 3. The first-order valence-corrected chi connectivity index (χ1v) is 6.97. The zero-order valence-corrected chi connectivity index (χ0v) is 12.2. The summed E-state index contributed by atoms with van der Waals surface area (Å²) < 4.78 is 5.89. The Kier molecular flexibility index (Phi) is 5.41. The quantitative estimate of drug-likeness (QED) is 0.852. The van der Waals surface area contributed by atoms with E-state index in [1.807, 2.05) is 42.5 Å². The van der Waals surface area contributed by atoms with Gasteiger partial charge in [-0.2, -0.15) is 0 Å². The molecule has 0 aliphatic carbocycles. The molecule has 2 rings (SSSR count). The van der Waals surface area contributed by atoms with Crippen LogP contribution in [-0.2, 0) is 13.2 Å². The lowest BCUT2D eigenvalue weighted by atomic mass is 10.2. The highest BCUT2D eigenvalue weighted by atomic mass is 35.5. The molecule has 0 saturated carbocycles. The summed E-state index contributed by atoms with van der Waals surface area (Å²) in [4.78, 5) is 0. The van der Waals surface area contributed by atoms with Crippen molar-refractivity contribution in [3.8, 4) is 11.5 Å². The average Bonchev–Trinajstić information content (AvgIpc) is 2.47. The molecule has 0 bridgehead atoms. The lowest BCUT2D eigenvalue weighted by Gasteiger charge is -2.12. The Morgan fingerprint density at radius 1 is 1.20 bits per heavy atom. The zero-order chi connectivity index (χ0) is 14.4. The minimum atomic E-state index is 0.00205. The van der Waals surface area contributed by atoms with Gasteiger partial charge in [0, 0.05) is 17.1 Å². The molecular formula is C16H18ClNO2. The van der Waals surface area contributed by atoms with Crippen LogP contribution in [0, 0.1) is 0 Å². The van der Waals surface area contributed by atoms with Crippen molar-refractivity contribution in [2.75, 3.05) is 6.54 Å². The summed E-state index contributed by atoms with van der Waals surface area (Å²) in [6, 6.07) is 13.0. The maximum atomic E-state index is 9.15. The summed E-state index contributed by atoms with van der Waals surface area (Å²) >= 11 is 6.03. The fourth-order valence-electron chi connectivity index (χ4n) is 1.88. The average molecular weight is 292 g/mol. The van der Waals surface area contributed by atoms with Gasteiger partial charge < -0.3 is 15.2 Å². The molecule has 2 N–H and O–H groups in total. The summed E-state index contributed by atoms with van der Waals surface area (Å²) in [6.07, 6.45) is 0. The second-order valence-corrected chi connectivity index (χ2v) is 4.88. The molecular weight excluding hydrogens is 274 g/mol. The molecule has 4 heteroatoms. The molecule has 0 fully saturated rings. The minimum absolute atomic E-state index is 0.00205. The fraction of sp³-hybridized carbons (Fsp3) is 0.250.